The van der Waals surface area contributed by atoms with Crippen LogP contribution in [0.15, 0.2) is 53.3 Å². The third-order valence-corrected chi connectivity index (χ3v) is 5.12. The van der Waals surface area contributed by atoms with E-state index in [0.717, 1.165) is 31.0 Å². The molecule has 0 spiro atoms. The van der Waals surface area contributed by atoms with Crippen molar-refractivity contribution in [3.05, 3.63) is 58.9 Å². The Kier molecular flexibility index (Phi) is 5.76. The average Bonchev–Trinajstić information content (AvgIpc) is 3.39. The molecule has 1 aliphatic rings. The van der Waals surface area contributed by atoms with Crippen molar-refractivity contribution in [3.63, 3.8) is 0 Å². The molecule has 2 aromatic heterocycles. The van der Waals surface area contributed by atoms with Gasteiger partial charge in [-0.1, -0.05) is 18.2 Å². The number of para-hydroxylation sites is 1. The van der Waals surface area contributed by atoms with Crippen molar-refractivity contribution in [2.75, 3.05) is 26.2 Å². The van der Waals surface area contributed by atoms with E-state index in [1.807, 2.05) is 54.9 Å². The van der Waals surface area contributed by atoms with E-state index in [4.69, 9.17) is 4.74 Å². The first-order valence-corrected chi connectivity index (χ1v) is 10.2. The van der Waals surface area contributed by atoms with Crippen molar-refractivity contribution in [3.8, 4) is 23.0 Å². The first-order chi connectivity index (χ1) is 14.1. The largest absolute Gasteiger partial charge is 0.475 e. The summed E-state index contributed by atoms with van der Waals surface area (Å²) in [5.41, 5.74) is 2.28. The minimum absolute atomic E-state index is 0.0215. The lowest BCUT2D eigenvalue weighted by atomic mass is 10.2. The Hall–Kier alpha value is -2.93. The molecular formula is C22H27N5O2. The second kappa shape index (κ2) is 8.61. The number of hydrogen-bond acceptors (Lipinski definition) is 5. The second-order valence-corrected chi connectivity index (χ2v) is 7.61. The third kappa shape index (κ3) is 4.40. The molecule has 0 unspecified atom stereocenters. The maximum Gasteiger partial charge on any atom is 0.267 e. The summed E-state index contributed by atoms with van der Waals surface area (Å²) in [7, 11) is 0. The number of benzene rings is 1. The summed E-state index contributed by atoms with van der Waals surface area (Å²) in [6, 6.07) is 15.1. The highest BCUT2D eigenvalue weighted by Gasteiger charge is 2.16. The van der Waals surface area contributed by atoms with Crippen molar-refractivity contribution < 1.29 is 4.74 Å². The molecule has 0 radical (unpaired) electrons. The topological polar surface area (TPSA) is 65.2 Å². The van der Waals surface area contributed by atoms with Gasteiger partial charge in [0.1, 0.15) is 12.3 Å². The van der Waals surface area contributed by atoms with E-state index in [2.05, 4.69) is 15.1 Å². The van der Waals surface area contributed by atoms with E-state index in [1.54, 1.807) is 12.1 Å². The minimum atomic E-state index is -0.114. The van der Waals surface area contributed by atoms with Gasteiger partial charge in [0.2, 0.25) is 5.88 Å². The monoisotopic (exact) mass is 393 g/mol. The quantitative estimate of drug-likeness (QED) is 0.617. The first-order valence-electron chi connectivity index (χ1n) is 10.2. The summed E-state index contributed by atoms with van der Waals surface area (Å²) in [6.07, 6.45) is 2.54. The van der Waals surface area contributed by atoms with Crippen LogP contribution in [-0.2, 0) is 0 Å². The van der Waals surface area contributed by atoms with E-state index in [9.17, 15) is 4.79 Å². The van der Waals surface area contributed by atoms with Gasteiger partial charge in [0.15, 0.2) is 0 Å². The Balaban J connectivity index is 1.65. The molecule has 0 amide bonds. The molecule has 1 aliphatic heterocycles. The molecule has 0 aliphatic carbocycles. The third-order valence-electron chi connectivity index (χ3n) is 5.12. The molecule has 0 saturated carbocycles. The fourth-order valence-corrected chi connectivity index (χ4v) is 3.60. The SMILES string of the molecule is CC(C)n1nc(-c2cc(OCCN3CCCC3)nn2-c2ccccc2)ccc1=O. The first kappa shape index (κ1) is 19.4. The summed E-state index contributed by atoms with van der Waals surface area (Å²) < 4.78 is 9.28. The Labute approximate surface area is 170 Å². The Morgan fingerprint density at radius 2 is 1.79 bits per heavy atom. The van der Waals surface area contributed by atoms with Crippen LogP contribution in [0, 0.1) is 0 Å². The molecule has 3 aromatic rings. The van der Waals surface area contributed by atoms with Gasteiger partial charge in [-0.3, -0.25) is 9.69 Å². The van der Waals surface area contributed by atoms with Gasteiger partial charge in [0, 0.05) is 18.7 Å². The maximum absolute atomic E-state index is 12.1. The van der Waals surface area contributed by atoms with Crippen LogP contribution in [0.1, 0.15) is 32.7 Å². The number of nitrogens with zero attached hydrogens (tertiary/aromatic N) is 5. The molecule has 1 saturated heterocycles. The zero-order chi connectivity index (χ0) is 20.2. The van der Waals surface area contributed by atoms with Crippen molar-refractivity contribution in [1.29, 1.82) is 0 Å². The van der Waals surface area contributed by atoms with Crippen LogP contribution in [0.2, 0.25) is 0 Å². The zero-order valence-electron chi connectivity index (χ0n) is 17.0. The van der Waals surface area contributed by atoms with Crippen LogP contribution in [0.5, 0.6) is 5.88 Å². The van der Waals surface area contributed by atoms with Gasteiger partial charge in [-0.25, -0.2) is 9.36 Å². The summed E-state index contributed by atoms with van der Waals surface area (Å²) in [5, 5.41) is 9.23. The summed E-state index contributed by atoms with van der Waals surface area (Å²) in [5.74, 6) is 0.562. The van der Waals surface area contributed by atoms with Gasteiger partial charge in [-0.05, 0) is 58.0 Å². The van der Waals surface area contributed by atoms with Crippen LogP contribution < -0.4 is 10.3 Å². The summed E-state index contributed by atoms with van der Waals surface area (Å²) in [6.45, 7) is 7.69. The Morgan fingerprint density at radius 3 is 2.52 bits per heavy atom. The van der Waals surface area contributed by atoms with Crippen molar-refractivity contribution in [2.45, 2.75) is 32.7 Å². The number of ether oxygens (including phenoxy) is 1. The van der Waals surface area contributed by atoms with Gasteiger partial charge in [-0.15, -0.1) is 5.10 Å². The minimum Gasteiger partial charge on any atom is -0.475 e. The lowest BCUT2D eigenvalue weighted by Crippen LogP contribution is -2.25. The normalized spacial score (nSPS) is 14.6. The highest BCUT2D eigenvalue weighted by Crippen LogP contribution is 2.25. The molecule has 29 heavy (non-hydrogen) atoms. The zero-order valence-corrected chi connectivity index (χ0v) is 17.0. The number of aromatic nitrogens is 4. The fourth-order valence-electron chi connectivity index (χ4n) is 3.60. The van der Waals surface area contributed by atoms with Gasteiger partial charge in [-0.2, -0.15) is 5.10 Å². The van der Waals surface area contributed by atoms with Crippen molar-refractivity contribution in [2.24, 2.45) is 0 Å². The van der Waals surface area contributed by atoms with E-state index >= 15 is 0 Å². The standard InChI is InChI=1S/C22H27N5O2/c1-17(2)26-22(28)11-10-19(23-26)20-16-21(29-15-14-25-12-6-7-13-25)24-27(20)18-8-4-3-5-9-18/h3-5,8-11,16-17H,6-7,12-15H2,1-2H3. The number of rotatable bonds is 7. The molecule has 152 valence electrons. The molecule has 1 aromatic carbocycles. The molecule has 3 heterocycles. The van der Waals surface area contributed by atoms with Crippen molar-refractivity contribution >= 4 is 0 Å². The fraction of sp³-hybridized carbons (Fsp3) is 0.409. The van der Waals surface area contributed by atoms with Crippen LogP contribution in [0.25, 0.3) is 17.1 Å². The number of hydrogen-bond donors (Lipinski definition) is 0. The molecule has 0 atom stereocenters. The molecule has 0 bridgehead atoms. The maximum atomic E-state index is 12.1. The van der Waals surface area contributed by atoms with Gasteiger partial charge >= 0.3 is 0 Å². The molecule has 7 nitrogen and oxygen atoms in total. The summed E-state index contributed by atoms with van der Waals surface area (Å²) >= 11 is 0. The van der Waals surface area contributed by atoms with Crippen molar-refractivity contribution in [1.82, 2.24) is 24.5 Å². The van der Waals surface area contributed by atoms with E-state index < -0.39 is 0 Å². The Morgan fingerprint density at radius 1 is 1.03 bits per heavy atom. The highest BCUT2D eigenvalue weighted by molar-refractivity contribution is 5.59. The van der Waals surface area contributed by atoms with Gasteiger partial charge in [0.25, 0.3) is 5.56 Å². The van der Waals surface area contributed by atoms with Crippen LogP contribution in [0.3, 0.4) is 0 Å². The molecule has 1 fully saturated rings. The second-order valence-electron chi connectivity index (χ2n) is 7.61. The molecule has 0 N–H and O–H groups in total. The predicted molar refractivity (Wildman–Crippen MR) is 113 cm³/mol. The van der Waals surface area contributed by atoms with E-state index in [0.29, 0.717) is 18.2 Å². The van der Waals surface area contributed by atoms with Gasteiger partial charge < -0.3 is 4.74 Å². The van der Waals surface area contributed by atoms with Crippen LogP contribution in [-0.4, -0.2) is 50.7 Å². The van der Waals surface area contributed by atoms with Crippen LogP contribution in [0.4, 0.5) is 0 Å². The lowest BCUT2D eigenvalue weighted by molar-refractivity contribution is 0.231. The lowest BCUT2D eigenvalue weighted by Gasteiger charge is -2.13. The highest BCUT2D eigenvalue weighted by atomic mass is 16.5. The summed E-state index contributed by atoms with van der Waals surface area (Å²) in [4.78, 5) is 14.5. The smallest absolute Gasteiger partial charge is 0.267 e. The van der Waals surface area contributed by atoms with Gasteiger partial charge in [0.05, 0.1) is 17.4 Å². The Bertz CT molecular complexity index is 1000. The predicted octanol–water partition coefficient (Wildman–Crippen LogP) is 3.15. The molecule has 4 rings (SSSR count). The number of likely N-dealkylation sites (tertiary alicyclic amines) is 1. The van der Waals surface area contributed by atoms with E-state index in [1.165, 1.54) is 17.5 Å². The van der Waals surface area contributed by atoms with E-state index in [-0.39, 0.29) is 11.6 Å². The van der Waals surface area contributed by atoms with Crippen LogP contribution >= 0.6 is 0 Å². The molecular weight excluding hydrogens is 366 g/mol. The average molecular weight is 393 g/mol. The molecule has 7 heteroatoms.